The summed E-state index contributed by atoms with van der Waals surface area (Å²) in [5.41, 5.74) is 5.02. The maximum Gasteiger partial charge on any atom is 0.335 e. The first kappa shape index (κ1) is 19.3. The smallest absolute Gasteiger partial charge is 0.335 e. The van der Waals surface area contributed by atoms with Crippen LogP contribution in [0.5, 0.6) is 5.75 Å². The topological polar surface area (TPSA) is 88.2 Å². The number of phenols is 1. The molecular formula is C25H23N3O3. The molecule has 0 spiro atoms. The van der Waals surface area contributed by atoms with E-state index in [2.05, 4.69) is 10.2 Å². The largest absolute Gasteiger partial charge is 0.505 e. The molecule has 1 fully saturated rings. The minimum Gasteiger partial charge on any atom is -0.505 e. The number of hydrogen-bond donors (Lipinski definition) is 2. The average Bonchev–Trinajstić information content (AvgIpc) is 3.24. The third-order valence-corrected chi connectivity index (χ3v) is 6.13. The summed E-state index contributed by atoms with van der Waals surface area (Å²) >= 11 is 0. The number of carboxylic acids is 1. The molecule has 31 heavy (non-hydrogen) atoms. The van der Waals surface area contributed by atoms with Crippen molar-refractivity contribution in [3.8, 4) is 22.6 Å². The van der Waals surface area contributed by atoms with Crippen LogP contribution in [0.3, 0.4) is 0 Å². The molecular weight excluding hydrogens is 390 g/mol. The van der Waals surface area contributed by atoms with Crippen LogP contribution >= 0.6 is 0 Å². The van der Waals surface area contributed by atoms with Gasteiger partial charge in [0.1, 0.15) is 22.5 Å². The van der Waals surface area contributed by atoms with Crippen LogP contribution in [0.15, 0.2) is 60.7 Å². The lowest BCUT2D eigenvalue weighted by Gasteiger charge is -2.24. The number of benzene rings is 3. The van der Waals surface area contributed by atoms with Gasteiger partial charge in [-0.05, 0) is 71.8 Å². The third kappa shape index (κ3) is 3.65. The Bertz CT molecular complexity index is 1220. The first-order valence-corrected chi connectivity index (χ1v) is 10.6. The fourth-order valence-electron chi connectivity index (χ4n) is 4.46. The Labute approximate surface area is 179 Å². The molecule has 0 unspecified atom stereocenters. The summed E-state index contributed by atoms with van der Waals surface area (Å²) in [5.74, 6) is -0.442. The van der Waals surface area contributed by atoms with E-state index in [1.54, 1.807) is 24.3 Å². The van der Waals surface area contributed by atoms with Crippen LogP contribution < -0.4 is 0 Å². The van der Waals surface area contributed by atoms with Crippen LogP contribution in [-0.2, 0) is 0 Å². The van der Waals surface area contributed by atoms with Crippen molar-refractivity contribution in [3.05, 3.63) is 71.8 Å². The van der Waals surface area contributed by atoms with Crippen molar-refractivity contribution in [3.63, 3.8) is 0 Å². The molecule has 1 saturated carbocycles. The molecule has 1 aromatic heterocycles. The van der Waals surface area contributed by atoms with Gasteiger partial charge >= 0.3 is 5.97 Å². The molecule has 0 amide bonds. The van der Waals surface area contributed by atoms with Crippen LogP contribution in [0, 0.1) is 0 Å². The first-order valence-electron chi connectivity index (χ1n) is 10.6. The van der Waals surface area contributed by atoms with Gasteiger partial charge in [-0.1, -0.05) is 43.5 Å². The first-order chi connectivity index (χ1) is 15.1. The fourth-order valence-corrected chi connectivity index (χ4v) is 4.46. The number of carbonyl (C=O) groups is 1. The van der Waals surface area contributed by atoms with Gasteiger partial charge in [0, 0.05) is 0 Å². The molecule has 4 aromatic rings. The predicted octanol–water partition coefficient (Wildman–Crippen LogP) is 5.54. The molecule has 1 aliphatic rings. The summed E-state index contributed by atoms with van der Waals surface area (Å²) in [4.78, 5) is 12.7. The highest BCUT2D eigenvalue weighted by atomic mass is 16.4. The Morgan fingerprint density at radius 1 is 0.871 bits per heavy atom. The maximum absolute atomic E-state index is 11.2. The summed E-state index contributed by atoms with van der Waals surface area (Å²) in [5, 5.41) is 29.6. The standard InChI is InChI=1S/C25H23N3O3/c29-24-20(17-6-2-1-3-7-17)14-19(16-10-12-18(13-11-16)25(30)31)15-23(24)28-26-21-8-4-5-9-22(21)27-28/h4-5,8-15,17,29H,1-3,6-7H2,(H,30,31). The van der Waals surface area contributed by atoms with Crippen molar-refractivity contribution in [2.45, 2.75) is 38.0 Å². The van der Waals surface area contributed by atoms with Crippen LogP contribution in [0.1, 0.15) is 53.9 Å². The van der Waals surface area contributed by atoms with Gasteiger partial charge in [-0.3, -0.25) is 0 Å². The molecule has 0 aliphatic heterocycles. The minimum absolute atomic E-state index is 0.220. The molecule has 0 radical (unpaired) electrons. The van der Waals surface area contributed by atoms with Crippen LogP contribution in [0.2, 0.25) is 0 Å². The Morgan fingerprint density at radius 2 is 1.52 bits per heavy atom. The zero-order valence-corrected chi connectivity index (χ0v) is 17.0. The Balaban J connectivity index is 1.67. The van der Waals surface area contributed by atoms with E-state index in [0.29, 0.717) is 5.69 Å². The Morgan fingerprint density at radius 3 is 2.13 bits per heavy atom. The number of phenolic OH excluding ortho intramolecular Hbond substituents is 1. The Hall–Kier alpha value is -3.67. The SMILES string of the molecule is O=C(O)c1ccc(-c2cc(C3CCCCC3)c(O)c(-n3nc4ccccc4n3)c2)cc1. The van der Waals surface area contributed by atoms with Crippen molar-refractivity contribution >= 4 is 17.0 Å². The lowest BCUT2D eigenvalue weighted by atomic mass is 9.82. The van der Waals surface area contributed by atoms with E-state index in [1.165, 1.54) is 11.2 Å². The summed E-state index contributed by atoms with van der Waals surface area (Å²) < 4.78 is 0. The number of aromatic hydroxyl groups is 1. The molecule has 6 heteroatoms. The third-order valence-electron chi connectivity index (χ3n) is 6.13. The monoisotopic (exact) mass is 413 g/mol. The van der Waals surface area contributed by atoms with Gasteiger partial charge in [0.05, 0.1) is 5.56 Å². The molecule has 6 nitrogen and oxygen atoms in total. The second-order valence-electron chi connectivity index (χ2n) is 8.13. The molecule has 1 heterocycles. The van der Waals surface area contributed by atoms with E-state index in [4.69, 9.17) is 0 Å². The summed E-state index contributed by atoms with van der Waals surface area (Å²) in [6, 6.07) is 18.3. The molecule has 0 bridgehead atoms. The van der Waals surface area contributed by atoms with Crippen molar-refractivity contribution in [2.24, 2.45) is 0 Å². The van der Waals surface area contributed by atoms with Gasteiger partial charge in [0.25, 0.3) is 0 Å². The molecule has 0 saturated heterocycles. The summed E-state index contributed by atoms with van der Waals surface area (Å²) in [6.07, 6.45) is 5.63. The van der Waals surface area contributed by atoms with E-state index in [1.807, 2.05) is 36.4 Å². The van der Waals surface area contributed by atoms with E-state index in [-0.39, 0.29) is 17.2 Å². The van der Waals surface area contributed by atoms with Crippen molar-refractivity contribution < 1.29 is 15.0 Å². The molecule has 156 valence electrons. The summed E-state index contributed by atoms with van der Waals surface area (Å²) in [7, 11) is 0. The van der Waals surface area contributed by atoms with E-state index in [0.717, 1.165) is 53.4 Å². The van der Waals surface area contributed by atoms with Gasteiger partial charge in [0.2, 0.25) is 0 Å². The highest BCUT2D eigenvalue weighted by Gasteiger charge is 2.23. The maximum atomic E-state index is 11.2. The van der Waals surface area contributed by atoms with Crippen molar-refractivity contribution in [2.75, 3.05) is 0 Å². The molecule has 1 aliphatic carbocycles. The highest BCUT2D eigenvalue weighted by molar-refractivity contribution is 5.88. The summed E-state index contributed by atoms with van der Waals surface area (Å²) in [6.45, 7) is 0. The Kier molecular flexibility index (Phi) is 4.90. The van der Waals surface area contributed by atoms with E-state index < -0.39 is 5.97 Å². The van der Waals surface area contributed by atoms with Crippen molar-refractivity contribution in [1.82, 2.24) is 15.0 Å². The number of aromatic carboxylic acids is 1. The normalized spacial score (nSPS) is 14.7. The molecule has 2 N–H and O–H groups in total. The lowest BCUT2D eigenvalue weighted by Crippen LogP contribution is -2.08. The van der Waals surface area contributed by atoms with Gasteiger partial charge in [-0.25, -0.2) is 4.79 Å². The number of nitrogens with zero attached hydrogens (tertiary/aromatic N) is 3. The average molecular weight is 413 g/mol. The molecule has 3 aromatic carbocycles. The predicted molar refractivity (Wildman–Crippen MR) is 119 cm³/mol. The number of fused-ring (bicyclic) bond motifs is 1. The van der Waals surface area contributed by atoms with Gasteiger partial charge < -0.3 is 10.2 Å². The number of aromatic nitrogens is 3. The van der Waals surface area contributed by atoms with Crippen LogP contribution in [0.4, 0.5) is 0 Å². The number of hydrogen-bond acceptors (Lipinski definition) is 4. The van der Waals surface area contributed by atoms with Crippen molar-refractivity contribution in [1.29, 1.82) is 0 Å². The number of rotatable bonds is 4. The lowest BCUT2D eigenvalue weighted by molar-refractivity contribution is 0.0697. The number of carboxylic acid groups (broad SMARTS) is 1. The second-order valence-corrected chi connectivity index (χ2v) is 8.13. The fraction of sp³-hybridized carbons (Fsp3) is 0.240. The second kappa shape index (κ2) is 7.87. The van der Waals surface area contributed by atoms with Gasteiger partial charge in [-0.15, -0.1) is 15.0 Å². The van der Waals surface area contributed by atoms with Gasteiger partial charge in [0.15, 0.2) is 0 Å². The van der Waals surface area contributed by atoms with E-state index in [9.17, 15) is 15.0 Å². The van der Waals surface area contributed by atoms with Crippen LogP contribution in [0.25, 0.3) is 27.8 Å². The quantitative estimate of drug-likeness (QED) is 0.459. The molecule has 5 rings (SSSR count). The molecule has 0 atom stereocenters. The zero-order chi connectivity index (χ0) is 21.4. The highest BCUT2D eigenvalue weighted by Crippen LogP contribution is 2.42. The van der Waals surface area contributed by atoms with Gasteiger partial charge in [-0.2, -0.15) is 0 Å². The minimum atomic E-state index is -0.951. The zero-order valence-electron chi connectivity index (χ0n) is 17.0. The van der Waals surface area contributed by atoms with E-state index >= 15 is 0 Å². The van der Waals surface area contributed by atoms with Crippen LogP contribution in [-0.4, -0.2) is 31.2 Å².